The summed E-state index contributed by atoms with van der Waals surface area (Å²) in [6.07, 6.45) is 8.64. The summed E-state index contributed by atoms with van der Waals surface area (Å²) >= 11 is 0. The summed E-state index contributed by atoms with van der Waals surface area (Å²) < 4.78 is 0. The summed E-state index contributed by atoms with van der Waals surface area (Å²) in [6.45, 7) is 6.52. The Labute approximate surface area is 123 Å². The van der Waals surface area contributed by atoms with Gasteiger partial charge in [0.25, 0.3) is 0 Å². The molecule has 114 valence electrons. The van der Waals surface area contributed by atoms with Gasteiger partial charge in [0.1, 0.15) is 0 Å². The molecule has 20 heavy (non-hydrogen) atoms. The van der Waals surface area contributed by atoms with Gasteiger partial charge in [0.2, 0.25) is 5.96 Å². The topological polar surface area (TPSA) is 62.4 Å². The number of rotatable bonds is 3. The molecule has 0 aromatic rings. The van der Waals surface area contributed by atoms with E-state index in [0.29, 0.717) is 17.5 Å². The van der Waals surface area contributed by atoms with Crippen LogP contribution in [0.2, 0.25) is 0 Å². The molecular formula is C16H30N4. The largest absolute Gasteiger partial charge is 0.353 e. The van der Waals surface area contributed by atoms with Crippen LogP contribution >= 0.6 is 0 Å². The molecule has 4 aliphatic carbocycles. The Hall–Kier alpha value is -0.770. The molecule has 0 radical (unpaired) electrons. The van der Waals surface area contributed by atoms with Crippen LogP contribution in [-0.4, -0.2) is 18.0 Å². The van der Waals surface area contributed by atoms with Crippen molar-refractivity contribution in [3.05, 3.63) is 0 Å². The Morgan fingerprint density at radius 2 is 1.55 bits per heavy atom. The van der Waals surface area contributed by atoms with Crippen molar-refractivity contribution in [3.63, 3.8) is 0 Å². The Morgan fingerprint density at radius 3 is 1.95 bits per heavy atom. The molecule has 4 fully saturated rings. The standard InChI is InChI=1S/C16H30N4/c1-10(2)18-15(20-17)19-11(3)16-7-12-4-13(8-16)6-14(5-12)9-16/h10-14H,4-9,17H2,1-3H3,(H2,18,19,20). The van der Waals surface area contributed by atoms with Crippen LogP contribution in [0.15, 0.2) is 4.99 Å². The molecule has 0 aromatic heterocycles. The van der Waals surface area contributed by atoms with E-state index < -0.39 is 0 Å². The van der Waals surface area contributed by atoms with Crippen molar-refractivity contribution in [2.24, 2.45) is 34.0 Å². The lowest BCUT2D eigenvalue weighted by molar-refractivity contribution is -0.0634. The molecule has 1 unspecified atom stereocenters. The van der Waals surface area contributed by atoms with E-state index in [-0.39, 0.29) is 0 Å². The second kappa shape index (κ2) is 5.21. The molecule has 0 amide bonds. The van der Waals surface area contributed by atoms with Gasteiger partial charge < -0.3 is 5.32 Å². The first-order chi connectivity index (χ1) is 9.50. The summed E-state index contributed by atoms with van der Waals surface area (Å²) in [6, 6.07) is 0.724. The number of nitrogens with one attached hydrogen (secondary N) is 2. The zero-order chi connectivity index (χ0) is 14.3. The zero-order valence-corrected chi connectivity index (χ0v) is 13.2. The second-order valence-electron chi connectivity index (χ2n) is 7.88. The van der Waals surface area contributed by atoms with Crippen molar-refractivity contribution in [2.75, 3.05) is 0 Å². The monoisotopic (exact) mass is 278 g/mol. The molecule has 4 N–H and O–H groups in total. The van der Waals surface area contributed by atoms with E-state index in [1.54, 1.807) is 0 Å². The molecule has 0 aliphatic heterocycles. The summed E-state index contributed by atoms with van der Waals surface area (Å²) in [7, 11) is 0. The van der Waals surface area contributed by atoms with Crippen molar-refractivity contribution in [1.82, 2.24) is 10.7 Å². The van der Waals surface area contributed by atoms with E-state index >= 15 is 0 Å². The molecular weight excluding hydrogens is 248 g/mol. The van der Waals surface area contributed by atoms with Gasteiger partial charge in [-0.3, -0.25) is 5.43 Å². The van der Waals surface area contributed by atoms with Crippen LogP contribution in [-0.2, 0) is 0 Å². The van der Waals surface area contributed by atoms with Crippen molar-refractivity contribution >= 4 is 5.96 Å². The van der Waals surface area contributed by atoms with Crippen LogP contribution in [0.4, 0.5) is 0 Å². The van der Waals surface area contributed by atoms with E-state index in [9.17, 15) is 0 Å². The molecule has 4 saturated carbocycles. The smallest absolute Gasteiger partial charge is 0.206 e. The quantitative estimate of drug-likeness (QED) is 0.321. The molecule has 4 aliphatic rings. The average Bonchev–Trinajstić information content (AvgIpc) is 2.35. The molecule has 4 nitrogen and oxygen atoms in total. The molecule has 4 heteroatoms. The summed E-state index contributed by atoms with van der Waals surface area (Å²) in [5.41, 5.74) is 3.19. The van der Waals surface area contributed by atoms with Gasteiger partial charge in [-0.2, -0.15) is 0 Å². The van der Waals surface area contributed by atoms with E-state index in [1.165, 1.54) is 38.5 Å². The van der Waals surface area contributed by atoms with Crippen molar-refractivity contribution in [3.8, 4) is 0 Å². The van der Waals surface area contributed by atoms with E-state index in [1.807, 2.05) is 0 Å². The molecule has 1 atom stereocenters. The summed E-state index contributed by atoms with van der Waals surface area (Å²) in [4.78, 5) is 4.89. The number of nitrogens with zero attached hydrogens (tertiary/aromatic N) is 1. The molecule has 0 heterocycles. The number of hydrogen-bond donors (Lipinski definition) is 3. The Morgan fingerprint density at radius 1 is 1.05 bits per heavy atom. The van der Waals surface area contributed by atoms with Crippen LogP contribution < -0.4 is 16.6 Å². The summed E-state index contributed by atoms with van der Waals surface area (Å²) in [5, 5.41) is 3.31. The maximum atomic E-state index is 5.62. The van der Waals surface area contributed by atoms with E-state index in [0.717, 1.165) is 23.7 Å². The van der Waals surface area contributed by atoms with Crippen LogP contribution in [0.1, 0.15) is 59.3 Å². The van der Waals surface area contributed by atoms with Gasteiger partial charge in [-0.1, -0.05) is 0 Å². The molecule has 4 rings (SSSR count). The highest BCUT2D eigenvalue weighted by Gasteiger charge is 2.53. The van der Waals surface area contributed by atoms with Crippen LogP contribution in [0.25, 0.3) is 0 Å². The normalized spacial score (nSPS) is 41.0. The Bertz CT molecular complexity index is 353. The Kier molecular flexibility index (Phi) is 3.69. The van der Waals surface area contributed by atoms with Crippen molar-refractivity contribution < 1.29 is 0 Å². The number of hydrazine groups is 1. The van der Waals surface area contributed by atoms with Gasteiger partial charge in [-0.15, -0.1) is 0 Å². The van der Waals surface area contributed by atoms with Crippen LogP contribution in [0.3, 0.4) is 0 Å². The first-order valence-electron chi connectivity index (χ1n) is 8.31. The third-order valence-electron chi connectivity index (χ3n) is 5.86. The van der Waals surface area contributed by atoms with E-state index in [2.05, 4.69) is 31.5 Å². The fourth-order valence-corrected chi connectivity index (χ4v) is 5.41. The third kappa shape index (κ3) is 2.54. The van der Waals surface area contributed by atoms with Crippen LogP contribution in [0.5, 0.6) is 0 Å². The van der Waals surface area contributed by atoms with Gasteiger partial charge in [0.05, 0.1) is 6.04 Å². The zero-order valence-electron chi connectivity index (χ0n) is 13.2. The first-order valence-corrected chi connectivity index (χ1v) is 8.31. The lowest BCUT2D eigenvalue weighted by atomic mass is 9.48. The van der Waals surface area contributed by atoms with Crippen molar-refractivity contribution in [2.45, 2.75) is 71.4 Å². The maximum Gasteiger partial charge on any atom is 0.206 e. The van der Waals surface area contributed by atoms with Crippen LogP contribution in [0, 0.1) is 23.2 Å². The SMILES string of the molecule is CC(C)NC(=NC(C)C12CC3CC(CC(C3)C1)C2)NN. The van der Waals surface area contributed by atoms with E-state index in [4.69, 9.17) is 10.8 Å². The van der Waals surface area contributed by atoms with Gasteiger partial charge in [0.15, 0.2) is 0 Å². The van der Waals surface area contributed by atoms with Crippen molar-refractivity contribution in [1.29, 1.82) is 0 Å². The highest BCUT2D eigenvalue weighted by molar-refractivity contribution is 5.79. The summed E-state index contributed by atoms with van der Waals surface area (Å²) in [5.74, 6) is 9.30. The van der Waals surface area contributed by atoms with Gasteiger partial charge in [0, 0.05) is 6.04 Å². The first kappa shape index (κ1) is 14.2. The molecule has 4 bridgehead atoms. The van der Waals surface area contributed by atoms with Gasteiger partial charge >= 0.3 is 0 Å². The number of aliphatic imine (C=N–C) groups is 1. The minimum Gasteiger partial charge on any atom is -0.353 e. The van der Waals surface area contributed by atoms with Gasteiger partial charge in [-0.05, 0) is 82.5 Å². The predicted molar refractivity (Wildman–Crippen MR) is 83.1 cm³/mol. The number of nitrogens with two attached hydrogens (primary N) is 1. The third-order valence-corrected chi connectivity index (χ3v) is 5.86. The Balaban J connectivity index is 1.76. The fourth-order valence-electron chi connectivity index (χ4n) is 5.41. The lowest BCUT2D eigenvalue weighted by Gasteiger charge is -2.58. The minimum absolute atomic E-state index is 0.355. The minimum atomic E-state index is 0.355. The predicted octanol–water partition coefficient (Wildman–Crippen LogP) is 2.41. The molecule has 0 saturated heterocycles. The number of hydrogen-bond acceptors (Lipinski definition) is 2. The molecule has 0 spiro atoms. The highest BCUT2D eigenvalue weighted by atomic mass is 15.3. The highest BCUT2D eigenvalue weighted by Crippen LogP contribution is 2.61. The number of guanidine groups is 1. The lowest BCUT2D eigenvalue weighted by Crippen LogP contribution is -2.52. The van der Waals surface area contributed by atoms with Gasteiger partial charge in [-0.25, -0.2) is 10.8 Å². The second-order valence-corrected chi connectivity index (χ2v) is 7.88. The fraction of sp³-hybridized carbons (Fsp3) is 0.938. The maximum absolute atomic E-state index is 5.62. The average molecular weight is 278 g/mol. The molecule has 0 aromatic carbocycles.